The minimum absolute atomic E-state index is 0.132. The number of nitrogens with zero attached hydrogens (tertiary/aromatic N) is 5. The van der Waals surface area contributed by atoms with E-state index in [2.05, 4.69) is 33.6 Å². The number of hydrogen-bond donors (Lipinski definition) is 0. The van der Waals surface area contributed by atoms with Crippen LogP contribution < -0.4 is 4.74 Å². The van der Waals surface area contributed by atoms with Gasteiger partial charge in [-0.2, -0.15) is 8.78 Å². The van der Waals surface area contributed by atoms with Crippen LogP contribution in [0.1, 0.15) is 31.1 Å². The molecule has 0 radical (unpaired) electrons. The monoisotopic (exact) mass is 473 g/mol. The topological polar surface area (TPSA) is 78.4 Å². The molecule has 8 nitrogen and oxygen atoms in total. The van der Waals surface area contributed by atoms with Crippen LogP contribution in [0.2, 0.25) is 0 Å². The van der Waals surface area contributed by atoms with E-state index in [1.165, 1.54) is 0 Å². The van der Waals surface area contributed by atoms with E-state index in [0.717, 1.165) is 52.2 Å². The number of alkyl halides is 2. The Labute approximate surface area is 196 Å². The minimum Gasteiger partial charge on any atom is -0.496 e. The first-order chi connectivity index (χ1) is 16.4. The second kappa shape index (κ2) is 10.0. The zero-order chi connectivity index (χ0) is 24.4. The molecule has 0 bridgehead atoms. The van der Waals surface area contributed by atoms with Crippen LogP contribution in [0, 0.1) is 13.8 Å². The fourth-order valence-corrected chi connectivity index (χ4v) is 4.36. The molecule has 0 fully saturated rings. The lowest BCUT2D eigenvalue weighted by molar-refractivity contribution is -0.130. The highest BCUT2D eigenvalue weighted by molar-refractivity contribution is 6.05. The highest BCUT2D eigenvalue weighted by Crippen LogP contribution is 2.39. The zero-order valence-electron chi connectivity index (χ0n) is 20.1. The van der Waals surface area contributed by atoms with Crippen LogP contribution in [0.4, 0.5) is 8.78 Å². The molecule has 182 valence electrons. The summed E-state index contributed by atoms with van der Waals surface area (Å²) in [7, 11) is 1.61. The number of aromatic nitrogens is 4. The van der Waals surface area contributed by atoms with Crippen molar-refractivity contribution in [3.05, 3.63) is 35.6 Å². The molecule has 0 spiro atoms. The molecular weight excluding hydrogens is 444 g/mol. The Morgan fingerprint density at radius 2 is 1.91 bits per heavy atom. The summed E-state index contributed by atoms with van der Waals surface area (Å²) >= 11 is 0. The molecule has 3 aromatic heterocycles. The van der Waals surface area contributed by atoms with Gasteiger partial charge in [-0.1, -0.05) is 19.0 Å². The molecule has 4 rings (SSSR count). The molecule has 0 aliphatic heterocycles. The fraction of sp³-hybridized carbons (Fsp3) is 0.458. The lowest BCUT2D eigenvalue weighted by atomic mass is 10.0. The Balaban J connectivity index is 1.92. The maximum absolute atomic E-state index is 12.7. The van der Waals surface area contributed by atoms with Crippen molar-refractivity contribution < 1.29 is 22.8 Å². The molecule has 0 aliphatic rings. The molecule has 1 aromatic carbocycles. The van der Waals surface area contributed by atoms with E-state index in [1.807, 2.05) is 30.5 Å². The molecule has 0 N–H and O–H groups in total. The number of pyridine rings is 1. The summed E-state index contributed by atoms with van der Waals surface area (Å²) in [5.41, 5.74) is 4.68. The van der Waals surface area contributed by atoms with Crippen LogP contribution in [0.25, 0.3) is 33.1 Å². The van der Waals surface area contributed by atoms with Gasteiger partial charge in [-0.25, -0.2) is 4.98 Å². The van der Waals surface area contributed by atoms with Gasteiger partial charge in [-0.05, 0) is 39.1 Å². The molecule has 0 saturated carbocycles. The molecule has 0 unspecified atom stereocenters. The molecular formula is C24H29F2N5O3. The Bertz CT molecular complexity index is 1280. The highest BCUT2D eigenvalue weighted by atomic mass is 19.3. The van der Waals surface area contributed by atoms with Gasteiger partial charge in [0.05, 0.1) is 48.7 Å². The molecule has 3 heterocycles. The minimum atomic E-state index is -2.82. The van der Waals surface area contributed by atoms with Crippen molar-refractivity contribution in [2.45, 2.75) is 47.4 Å². The van der Waals surface area contributed by atoms with Gasteiger partial charge in [0.15, 0.2) is 0 Å². The Morgan fingerprint density at radius 3 is 2.53 bits per heavy atom. The van der Waals surface area contributed by atoms with Gasteiger partial charge in [0.25, 0.3) is 0 Å². The number of ether oxygens (including phenoxy) is 2. The number of rotatable bonds is 10. The van der Waals surface area contributed by atoms with Crippen LogP contribution in [-0.2, 0) is 17.8 Å². The van der Waals surface area contributed by atoms with Gasteiger partial charge >= 0.3 is 6.61 Å². The van der Waals surface area contributed by atoms with Crippen LogP contribution in [0.5, 0.6) is 5.75 Å². The second-order valence-corrected chi connectivity index (χ2v) is 8.03. The lowest BCUT2D eigenvalue weighted by Crippen LogP contribution is -2.25. The molecule has 4 aromatic rings. The van der Waals surface area contributed by atoms with Crippen molar-refractivity contribution in [1.29, 1.82) is 0 Å². The van der Waals surface area contributed by atoms with E-state index >= 15 is 0 Å². The van der Waals surface area contributed by atoms with Crippen LogP contribution in [0.3, 0.4) is 0 Å². The van der Waals surface area contributed by atoms with Gasteiger partial charge in [-0.15, -0.1) is 0 Å². The largest absolute Gasteiger partial charge is 0.496 e. The van der Waals surface area contributed by atoms with Crippen molar-refractivity contribution in [3.8, 4) is 16.9 Å². The summed E-state index contributed by atoms with van der Waals surface area (Å²) < 4.78 is 43.0. The number of aryl methyl sites for hydroxylation is 2. The number of hydrogen-bond acceptors (Lipinski definition) is 7. The number of methoxy groups -OCH3 is 1. The predicted octanol–water partition coefficient (Wildman–Crippen LogP) is 4.95. The fourth-order valence-electron chi connectivity index (χ4n) is 4.36. The van der Waals surface area contributed by atoms with Crippen molar-refractivity contribution in [2.75, 3.05) is 26.8 Å². The van der Waals surface area contributed by atoms with E-state index in [-0.39, 0.29) is 13.2 Å². The molecule has 0 aliphatic carbocycles. The third-order valence-corrected chi connectivity index (χ3v) is 6.09. The first kappa shape index (κ1) is 24.0. The summed E-state index contributed by atoms with van der Waals surface area (Å²) in [6, 6.07) is 3.86. The van der Waals surface area contributed by atoms with Crippen molar-refractivity contribution in [1.82, 2.24) is 24.6 Å². The van der Waals surface area contributed by atoms with E-state index in [9.17, 15) is 8.78 Å². The molecule has 0 saturated heterocycles. The highest BCUT2D eigenvalue weighted by Gasteiger charge is 2.21. The number of halogens is 2. The smallest absolute Gasteiger partial charge is 0.345 e. The quantitative estimate of drug-likeness (QED) is 0.323. The maximum Gasteiger partial charge on any atom is 0.345 e. The standard InChI is InChI=1S/C24H29F2N5O3/c1-6-30(7-2)13-21-28-19-12-27-18-10-17(22-14(3)29-34-15(22)4)20(32-5)11-16(18)23(19)31(21)8-9-33-24(25)26/h10-12,24H,6-9,13H2,1-5H3. The van der Waals surface area contributed by atoms with Gasteiger partial charge in [0.2, 0.25) is 0 Å². The average Bonchev–Trinajstić information content (AvgIpc) is 3.35. The van der Waals surface area contributed by atoms with E-state index < -0.39 is 6.61 Å². The SMILES string of the molecule is CCN(CC)Cc1nc2cnc3cc(-c4c(C)noc4C)c(OC)cc3c2n1CCOC(F)F. The third-order valence-electron chi connectivity index (χ3n) is 6.09. The Hall–Kier alpha value is -3.11. The summed E-state index contributed by atoms with van der Waals surface area (Å²) in [6.07, 6.45) is 1.72. The van der Waals surface area contributed by atoms with Crippen LogP contribution in [-0.4, -0.2) is 58.0 Å². The number of benzene rings is 1. The lowest BCUT2D eigenvalue weighted by Gasteiger charge is -2.19. The molecule has 0 atom stereocenters. The molecule has 0 amide bonds. The summed E-state index contributed by atoms with van der Waals surface area (Å²) in [5, 5.41) is 4.88. The van der Waals surface area contributed by atoms with E-state index in [4.69, 9.17) is 14.2 Å². The molecule has 10 heteroatoms. The van der Waals surface area contributed by atoms with Gasteiger partial charge in [0, 0.05) is 17.5 Å². The molecule has 34 heavy (non-hydrogen) atoms. The summed E-state index contributed by atoms with van der Waals surface area (Å²) in [6.45, 7) is 7.46. The predicted molar refractivity (Wildman–Crippen MR) is 125 cm³/mol. The van der Waals surface area contributed by atoms with E-state index in [1.54, 1.807) is 13.3 Å². The maximum atomic E-state index is 12.7. The first-order valence-corrected chi connectivity index (χ1v) is 11.3. The van der Waals surface area contributed by atoms with Gasteiger partial charge in [-0.3, -0.25) is 9.88 Å². The van der Waals surface area contributed by atoms with Gasteiger partial charge in [0.1, 0.15) is 22.9 Å². The summed E-state index contributed by atoms with van der Waals surface area (Å²) in [4.78, 5) is 11.7. The first-order valence-electron chi connectivity index (χ1n) is 11.3. The number of fused-ring (bicyclic) bond motifs is 3. The number of imidazole rings is 1. The summed E-state index contributed by atoms with van der Waals surface area (Å²) in [5.74, 6) is 2.10. The third kappa shape index (κ3) is 4.47. The van der Waals surface area contributed by atoms with Crippen molar-refractivity contribution in [2.24, 2.45) is 0 Å². The second-order valence-electron chi connectivity index (χ2n) is 8.03. The Kier molecular flexibility index (Phi) is 7.08. The van der Waals surface area contributed by atoms with Crippen LogP contribution in [0.15, 0.2) is 22.9 Å². The van der Waals surface area contributed by atoms with Gasteiger partial charge < -0.3 is 18.6 Å². The Morgan fingerprint density at radius 1 is 1.15 bits per heavy atom. The van der Waals surface area contributed by atoms with Crippen molar-refractivity contribution >= 4 is 21.9 Å². The zero-order valence-corrected chi connectivity index (χ0v) is 20.1. The van der Waals surface area contributed by atoms with E-state index in [0.29, 0.717) is 23.6 Å². The average molecular weight is 474 g/mol. The van der Waals surface area contributed by atoms with Crippen LogP contribution >= 0.6 is 0 Å². The van der Waals surface area contributed by atoms with Crippen molar-refractivity contribution in [3.63, 3.8) is 0 Å². The normalized spacial score (nSPS) is 12.0.